The van der Waals surface area contributed by atoms with Crippen LogP contribution in [0.4, 0.5) is 4.39 Å². The van der Waals surface area contributed by atoms with Gasteiger partial charge in [0.05, 0.1) is 20.3 Å². The molecule has 0 amide bonds. The van der Waals surface area contributed by atoms with Crippen LogP contribution in [0.15, 0.2) is 45.6 Å². The molecule has 2 rings (SSSR count). The van der Waals surface area contributed by atoms with Gasteiger partial charge in [0.25, 0.3) is 0 Å². The van der Waals surface area contributed by atoms with Crippen LogP contribution in [0.2, 0.25) is 0 Å². The fraction of sp³-hybridized carbons (Fsp3) is 0.0769. The van der Waals surface area contributed by atoms with E-state index in [9.17, 15) is 8.60 Å². The van der Waals surface area contributed by atoms with Gasteiger partial charge in [-0.2, -0.15) is 0 Å². The molecule has 18 heavy (non-hydrogen) atoms. The largest absolute Gasteiger partial charge is 0.255 e. The zero-order valence-electron chi connectivity index (χ0n) is 9.31. The van der Waals surface area contributed by atoms with E-state index in [0.717, 1.165) is 14.2 Å². The summed E-state index contributed by atoms with van der Waals surface area (Å²) in [7, 11) is -1.08. The van der Waals surface area contributed by atoms with Gasteiger partial charge in [0.2, 0.25) is 0 Å². The van der Waals surface area contributed by atoms with Crippen molar-refractivity contribution in [2.24, 2.45) is 0 Å². The van der Waals surface area contributed by atoms with E-state index in [2.05, 4.69) is 15.9 Å². The van der Waals surface area contributed by atoms with Gasteiger partial charge >= 0.3 is 0 Å². The fourth-order valence-electron chi connectivity index (χ4n) is 1.35. The predicted molar refractivity (Wildman–Crippen MR) is 79.3 cm³/mol. The normalized spacial score (nSPS) is 13.0. The van der Waals surface area contributed by atoms with Crippen molar-refractivity contribution in [2.45, 2.75) is 5.75 Å². The summed E-state index contributed by atoms with van der Waals surface area (Å²) in [6.45, 7) is 0. The van der Waals surface area contributed by atoms with Crippen molar-refractivity contribution in [1.29, 1.82) is 0 Å². The lowest BCUT2D eigenvalue weighted by atomic mass is 10.2. The van der Waals surface area contributed by atoms with E-state index in [-0.39, 0.29) is 5.82 Å². The highest BCUT2D eigenvalue weighted by molar-refractivity contribution is 9.11. The van der Waals surface area contributed by atoms with Crippen molar-refractivity contribution in [3.63, 3.8) is 0 Å². The topological polar surface area (TPSA) is 17.1 Å². The van der Waals surface area contributed by atoms with Crippen LogP contribution in [-0.4, -0.2) is 4.21 Å². The van der Waals surface area contributed by atoms with Gasteiger partial charge in [0.15, 0.2) is 0 Å². The van der Waals surface area contributed by atoms with E-state index in [1.54, 1.807) is 28.9 Å². The summed E-state index contributed by atoms with van der Waals surface area (Å²) in [5, 5.41) is 1.67. The maximum Gasteiger partial charge on any atom is 0.123 e. The highest BCUT2D eigenvalue weighted by Crippen LogP contribution is 2.23. The molecule has 1 aromatic heterocycles. The molecule has 1 aromatic carbocycles. The predicted octanol–water partition coefficient (Wildman–Crippen LogP) is 4.57. The fourth-order valence-corrected chi connectivity index (χ4v) is 3.68. The Balaban J connectivity index is 1.96. The Morgan fingerprint density at radius 1 is 1.22 bits per heavy atom. The van der Waals surface area contributed by atoms with Gasteiger partial charge in [0.1, 0.15) is 5.82 Å². The lowest BCUT2D eigenvalue weighted by molar-refractivity contribution is 0.627. The molecule has 5 heteroatoms. The second-order valence-corrected chi connectivity index (χ2v) is 7.41. The van der Waals surface area contributed by atoms with Gasteiger partial charge in [-0.25, -0.2) is 4.39 Å². The molecule has 0 aliphatic heterocycles. The van der Waals surface area contributed by atoms with Crippen molar-refractivity contribution < 1.29 is 8.60 Å². The molecular weight excluding hydrogens is 335 g/mol. The van der Waals surface area contributed by atoms with Crippen LogP contribution in [0.5, 0.6) is 0 Å². The molecule has 2 aromatic rings. The lowest BCUT2D eigenvalue weighted by Crippen LogP contribution is -1.91. The first-order valence-electron chi connectivity index (χ1n) is 5.18. The number of thiophene rings is 1. The van der Waals surface area contributed by atoms with Crippen LogP contribution >= 0.6 is 27.3 Å². The Bertz CT molecular complexity index is 575. The van der Waals surface area contributed by atoms with Crippen LogP contribution in [0, 0.1) is 5.82 Å². The number of rotatable bonds is 4. The van der Waals surface area contributed by atoms with Gasteiger partial charge in [-0.3, -0.25) is 4.21 Å². The summed E-state index contributed by atoms with van der Waals surface area (Å²) in [6, 6.07) is 9.98. The minimum atomic E-state index is -1.08. The van der Waals surface area contributed by atoms with Gasteiger partial charge in [0, 0.05) is 10.3 Å². The second kappa shape index (κ2) is 6.41. The highest BCUT2D eigenvalue weighted by atomic mass is 79.9. The maximum atomic E-state index is 12.7. The molecule has 0 bridgehead atoms. The van der Waals surface area contributed by atoms with Crippen LogP contribution < -0.4 is 0 Å². The molecule has 1 atom stereocenters. The second-order valence-electron chi connectivity index (χ2n) is 3.60. The quantitative estimate of drug-likeness (QED) is 0.793. The molecule has 0 saturated carbocycles. The standard InChI is InChI=1S/C13H10BrFOS2/c14-13-6-5-12(17-13)7-8-18(16)9-10-1-3-11(15)4-2-10/h1-8H,9H2/b8-7+. The third-order valence-corrected chi connectivity index (χ3v) is 4.85. The molecule has 0 spiro atoms. The van der Waals surface area contributed by atoms with Gasteiger partial charge in [-0.15, -0.1) is 11.3 Å². The smallest absolute Gasteiger partial charge is 0.123 e. The van der Waals surface area contributed by atoms with Crippen molar-refractivity contribution in [3.8, 4) is 0 Å². The molecule has 1 unspecified atom stereocenters. The van der Waals surface area contributed by atoms with Gasteiger partial charge < -0.3 is 0 Å². The highest BCUT2D eigenvalue weighted by Gasteiger charge is 1.99. The van der Waals surface area contributed by atoms with Crippen LogP contribution in [0.1, 0.15) is 10.4 Å². The van der Waals surface area contributed by atoms with E-state index in [4.69, 9.17) is 0 Å². The first kappa shape index (κ1) is 13.6. The first-order valence-corrected chi connectivity index (χ1v) is 8.18. The Morgan fingerprint density at radius 3 is 2.56 bits per heavy atom. The summed E-state index contributed by atoms with van der Waals surface area (Å²) >= 11 is 4.96. The SMILES string of the molecule is O=S(/C=C/c1ccc(Br)s1)Cc1ccc(F)cc1. The lowest BCUT2D eigenvalue weighted by Gasteiger charge is -1.97. The maximum absolute atomic E-state index is 12.7. The average Bonchev–Trinajstić information content (AvgIpc) is 2.76. The Kier molecular flexibility index (Phi) is 4.86. The van der Waals surface area contributed by atoms with Crippen LogP contribution in [0.3, 0.4) is 0 Å². The third-order valence-electron chi connectivity index (χ3n) is 2.20. The van der Waals surface area contributed by atoms with Gasteiger partial charge in [-0.05, 0) is 51.8 Å². The van der Waals surface area contributed by atoms with E-state index in [0.29, 0.717) is 5.75 Å². The zero-order valence-corrected chi connectivity index (χ0v) is 12.5. The number of hydrogen-bond acceptors (Lipinski definition) is 2. The number of hydrogen-bond donors (Lipinski definition) is 0. The molecule has 94 valence electrons. The molecule has 0 aliphatic carbocycles. The zero-order chi connectivity index (χ0) is 13.0. The minimum absolute atomic E-state index is 0.275. The molecule has 1 nitrogen and oxygen atoms in total. The summed E-state index contributed by atoms with van der Waals surface area (Å²) in [6.07, 6.45) is 1.84. The van der Waals surface area contributed by atoms with E-state index in [1.165, 1.54) is 12.1 Å². The van der Waals surface area contributed by atoms with Crippen molar-refractivity contribution in [1.82, 2.24) is 0 Å². The Labute approximate surface area is 120 Å². The molecule has 1 heterocycles. The minimum Gasteiger partial charge on any atom is -0.255 e. The summed E-state index contributed by atoms with van der Waals surface area (Å²) < 4.78 is 25.6. The van der Waals surface area contributed by atoms with E-state index in [1.807, 2.05) is 18.2 Å². The number of halogens is 2. The Morgan fingerprint density at radius 2 is 1.94 bits per heavy atom. The molecular formula is C13H10BrFOS2. The van der Waals surface area contributed by atoms with Crippen molar-refractivity contribution in [2.75, 3.05) is 0 Å². The first-order chi connectivity index (χ1) is 8.63. The van der Waals surface area contributed by atoms with Crippen molar-refractivity contribution in [3.05, 3.63) is 61.9 Å². The van der Waals surface area contributed by atoms with Crippen LogP contribution in [0.25, 0.3) is 6.08 Å². The molecule has 0 radical (unpaired) electrons. The van der Waals surface area contributed by atoms with E-state index < -0.39 is 10.8 Å². The molecule has 0 saturated heterocycles. The molecule has 0 aliphatic rings. The molecule has 0 fully saturated rings. The Hall–Kier alpha value is -0.780. The summed E-state index contributed by atoms with van der Waals surface area (Å²) in [5.41, 5.74) is 0.867. The monoisotopic (exact) mass is 344 g/mol. The summed E-state index contributed by atoms with van der Waals surface area (Å²) in [4.78, 5) is 1.05. The third kappa shape index (κ3) is 4.15. The number of benzene rings is 1. The van der Waals surface area contributed by atoms with Crippen LogP contribution in [-0.2, 0) is 16.6 Å². The van der Waals surface area contributed by atoms with Gasteiger partial charge in [-0.1, -0.05) is 12.1 Å². The van der Waals surface area contributed by atoms with E-state index >= 15 is 0 Å². The average molecular weight is 345 g/mol. The summed E-state index contributed by atoms with van der Waals surface area (Å²) in [5.74, 6) is 0.132. The van der Waals surface area contributed by atoms with Crippen molar-refractivity contribution >= 4 is 44.1 Å². The molecule has 0 N–H and O–H groups in total.